The lowest BCUT2D eigenvalue weighted by Gasteiger charge is -2.16. The van der Waals surface area contributed by atoms with Crippen molar-refractivity contribution in [3.05, 3.63) is 63.8 Å². The minimum atomic E-state index is -0.177. The first-order chi connectivity index (χ1) is 9.67. The number of pyridine rings is 1. The van der Waals surface area contributed by atoms with Crippen LogP contribution in [0.25, 0.3) is 0 Å². The standard InChI is InChI=1S/C16H17FN2O/c1-2-19-10-13(5-8-16(19)20)18-15-7-3-11-9-12(17)4-6-14(11)15/h4-6,8-10,15,18H,2-3,7H2,1H3. The summed E-state index contributed by atoms with van der Waals surface area (Å²) in [6, 6.07) is 8.54. The van der Waals surface area contributed by atoms with Crippen LogP contribution in [-0.4, -0.2) is 4.57 Å². The quantitative estimate of drug-likeness (QED) is 0.931. The average Bonchev–Trinajstić information content (AvgIpc) is 2.83. The van der Waals surface area contributed by atoms with Gasteiger partial charge in [-0.1, -0.05) is 6.07 Å². The van der Waals surface area contributed by atoms with Crippen LogP contribution in [0.2, 0.25) is 0 Å². The molecule has 104 valence electrons. The summed E-state index contributed by atoms with van der Waals surface area (Å²) in [4.78, 5) is 11.6. The molecule has 0 bridgehead atoms. The topological polar surface area (TPSA) is 34.0 Å². The Hall–Kier alpha value is -2.10. The van der Waals surface area contributed by atoms with Crippen LogP contribution in [0.5, 0.6) is 0 Å². The van der Waals surface area contributed by atoms with Gasteiger partial charge in [-0.05, 0) is 49.1 Å². The summed E-state index contributed by atoms with van der Waals surface area (Å²) in [5, 5.41) is 3.44. The van der Waals surface area contributed by atoms with E-state index < -0.39 is 0 Å². The Kier molecular flexibility index (Phi) is 3.30. The molecule has 0 aliphatic heterocycles. The second-order valence-electron chi connectivity index (χ2n) is 5.12. The summed E-state index contributed by atoms with van der Waals surface area (Å²) >= 11 is 0. The normalized spacial score (nSPS) is 17.0. The van der Waals surface area contributed by atoms with E-state index in [0.717, 1.165) is 29.7 Å². The summed E-state index contributed by atoms with van der Waals surface area (Å²) in [5.41, 5.74) is 3.16. The van der Waals surface area contributed by atoms with E-state index in [2.05, 4.69) is 5.32 Å². The molecule has 0 saturated heterocycles. The highest BCUT2D eigenvalue weighted by atomic mass is 19.1. The lowest BCUT2D eigenvalue weighted by atomic mass is 10.1. The van der Waals surface area contributed by atoms with E-state index in [1.807, 2.05) is 19.2 Å². The van der Waals surface area contributed by atoms with E-state index >= 15 is 0 Å². The van der Waals surface area contributed by atoms with Gasteiger partial charge in [0.25, 0.3) is 5.56 Å². The van der Waals surface area contributed by atoms with Crippen LogP contribution in [0.15, 0.2) is 41.3 Å². The Bertz CT molecular complexity index is 693. The SMILES string of the molecule is CCn1cc(NC2CCc3cc(F)ccc32)ccc1=O. The maximum Gasteiger partial charge on any atom is 0.250 e. The van der Waals surface area contributed by atoms with Crippen LogP contribution in [0.3, 0.4) is 0 Å². The first-order valence-electron chi connectivity index (χ1n) is 6.92. The van der Waals surface area contributed by atoms with Crippen LogP contribution < -0.4 is 10.9 Å². The molecule has 0 saturated carbocycles. The molecule has 1 aliphatic carbocycles. The maximum absolute atomic E-state index is 13.2. The third-order valence-electron chi connectivity index (χ3n) is 3.85. The Balaban J connectivity index is 1.85. The van der Waals surface area contributed by atoms with Crippen molar-refractivity contribution in [3.63, 3.8) is 0 Å². The number of rotatable bonds is 3. The number of aryl methyl sites for hydroxylation is 2. The molecule has 1 aliphatic rings. The maximum atomic E-state index is 13.2. The molecule has 0 spiro atoms. The number of hydrogen-bond donors (Lipinski definition) is 1. The average molecular weight is 272 g/mol. The van der Waals surface area contributed by atoms with Crippen molar-refractivity contribution < 1.29 is 4.39 Å². The molecule has 20 heavy (non-hydrogen) atoms. The second-order valence-corrected chi connectivity index (χ2v) is 5.12. The van der Waals surface area contributed by atoms with Crippen molar-refractivity contribution in [2.24, 2.45) is 0 Å². The zero-order chi connectivity index (χ0) is 14.1. The highest BCUT2D eigenvalue weighted by Crippen LogP contribution is 2.33. The van der Waals surface area contributed by atoms with Gasteiger partial charge in [0.05, 0.1) is 11.7 Å². The Morgan fingerprint density at radius 3 is 3.00 bits per heavy atom. The second kappa shape index (κ2) is 5.12. The fourth-order valence-corrected chi connectivity index (χ4v) is 2.80. The molecule has 3 nitrogen and oxygen atoms in total. The monoisotopic (exact) mass is 272 g/mol. The van der Waals surface area contributed by atoms with Crippen molar-refractivity contribution in [2.45, 2.75) is 32.4 Å². The van der Waals surface area contributed by atoms with Crippen LogP contribution in [-0.2, 0) is 13.0 Å². The van der Waals surface area contributed by atoms with Crippen LogP contribution in [0.4, 0.5) is 10.1 Å². The number of nitrogens with one attached hydrogen (secondary N) is 1. The summed E-state index contributed by atoms with van der Waals surface area (Å²) in [5.74, 6) is -0.177. The Morgan fingerprint density at radius 2 is 2.20 bits per heavy atom. The zero-order valence-corrected chi connectivity index (χ0v) is 11.4. The van der Waals surface area contributed by atoms with Gasteiger partial charge in [0.2, 0.25) is 0 Å². The summed E-state index contributed by atoms with van der Waals surface area (Å²) in [7, 11) is 0. The van der Waals surface area contributed by atoms with E-state index in [1.54, 1.807) is 22.8 Å². The van der Waals surface area contributed by atoms with Gasteiger partial charge in [-0.3, -0.25) is 4.79 Å². The molecular weight excluding hydrogens is 255 g/mol. The largest absolute Gasteiger partial charge is 0.377 e. The molecule has 1 heterocycles. The lowest BCUT2D eigenvalue weighted by molar-refractivity contribution is 0.626. The molecule has 2 aromatic rings. The number of fused-ring (bicyclic) bond motifs is 1. The van der Waals surface area contributed by atoms with Gasteiger partial charge in [0.1, 0.15) is 5.82 Å². The van der Waals surface area contributed by atoms with Crippen LogP contribution >= 0.6 is 0 Å². The van der Waals surface area contributed by atoms with E-state index in [4.69, 9.17) is 0 Å². The van der Waals surface area contributed by atoms with Gasteiger partial charge in [0, 0.05) is 18.8 Å². The molecule has 3 rings (SSSR count). The lowest BCUT2D eigenvalue weighted by Crippen LogP contribution is -2.18. The predicted molar refractivity (Wildman–Crippen MR) is 77.5 cm³/mol. The van der Waals surface area contributed by atoms with Gasteiger partial charge >= 0.3 is 0 Å². The molecule has 0 radical (unpaired) electrons. The molecule has 1 unspecified atom stereocenters. The molecule has 1 aromatic carbocycles. The number of halogens is 1. The number of hydrogen-bond acceptors (Lipinski definition) is 2. The molecule has 1 atom stereocenters. The molecule has 0 amide bonds. The third-order valence-corrected chi connectivity index (χ3v) is 3.85. The molecular formula is C16H17FN2O. The number of anilines is 1. The first kappa shape index (κ1) is 12.9. The van der Waals surface area contributed by atoms with Crippen molar-refractivity contribution in [2.75, 3.05) is 5.32 Å². The highest BCUT2D eigenvalue weighted by molar-refractivity contribution is 5.46. The summed E-state index contributed by atoms with van der Waals surface area (Å²) < 4.78 is 14.9. The fraction of sp³-hybridized carbons (Fsp3) is 0.312. The smallest absolute Gasteiger partial charge is 0.250 e. The van der Waals surface area contributed by atoms with Gasteiger partial charge < -0.3 is 9.88 Å². The molecule has 4 heteroatoms. The summed E-state index contributed by atoms with van der Waals surface area (Å²) in [6.45, 7) is 2.60. The van der Waals surface area contributed by atoms with Gasteiger partial charge in [-0.2, -0.15) is 0 Å². The Labute approximate surface area is 117 Å². The van der Waals surface area contributed by atoms with Crippen molar-refractivity contribution in [1.29, 1.82) is 0 Å². The fourth-order valence-electron chi connectivity index (χ4n) is 2.80. The number of aromatic nitrogens is 1. The predicted octanol–water partition coefficient (Wildman–Crippen LogP) is 3.11. The van der Waals surface area contributed by atoms with E-state index in [0.29, 0.717) is 6.54 Å². The number of benzene rings is 1. The van der Waals surface area contributed by atoms with Gasteiger partial charge in [-0.25, -0.2) is 4.39 Å². The van der Waals surface area contributed by atoms with Crippen molar-refractivity contribution >= 4 is 5.69 Å². The minimum absolute atomic E-state index is 0.00643. The zero-order valence-electron chi connectivity index (χ0n) is 11.4. The van der Waals surface area contributed by atoms with Gasteiger partial charge in [0.15, 0.2) is 0 Å². The van der Waals surface area contributed by atoms with Crippen LogP contribution in [0, 0.1) is 5.82 Å². The molecule has 0 fully saturated rings. The third kappa shape index (κ3) is 2.33. The van der Waals surface area contributed by atoms with Crippen LogP contribution in [0.1, 0.15) is 30.5 Å². The molecule has 1 aromatic heterocycles. The highest BCUT2D eigenvalue weighted by Gasteiger charge is 2.22. The van der Waals surface area contributed by atoms with E-state index in [1.165, 1.54) is 6.07 Å². The van der Waals surface area contributed by atoms with E-state index in [-0.39, 0.29) is 17.4 Å². The van der Waals surface area contributed by atoms with E-state index in [9.17, 15) is 9.18 Å². The minimum Gasteiger partial charge on any atom is -0.377 e. The van der Waals surface area contributed by atoms with Crippen molar-refractivity contribution in [3.8, 4) is 0 Å². The Morgan fingerprint density at radius 1 is 1.35 bits per heavy atom. The summed E-state index contributed by atoms with van der Waals surface area (Å²) in [6.07, 6.45) is 3.67. The van der Waals surface area contributed by atoms with Gasteiger partial charge in [-0.15, -0.1) is 0 Å². The van der Waals surface area contributed by atoms with Crippen molar-refractivity contribution in [1.82, 2.24) is 4.57 Å². The molecule has 1 N–H and O–H groups in total. The first-order valence-corrected chi connectivity index (χ1v) is 6.92. The number of nitrogens with zero attached hydrogens (tertiary/aromatic N) is 1.